The van der Waals surface area contributed by atoms with Crippen LogP contribution in [0, 0.1) is 0 Å². The number of benzene rings is 3. The van der Waals surface area contributed by atoms with Crippen LogP contribution < -0.4 is 21.3 Å². The molecule has 0 aliphatic heterocycles. The van der Waals surface area contributed by atoms with E-state index in [-0.39, 0.29) is 18.5 Å². The number of carboxylic acid groups (broad SMARTS) is 1. The van der Waals surface area contributed by atoms with Crippen LogP contribution in [0.4, 0.5) is 23.7 Å². The van der Waals surface area contributed by atoms with Crippen LogP contribution in [-0.4, -0.2) is 52.9 Å². The van der Waals surface area contributed by atoms with Crippen molar-refractivity contribution in [2.24, 2.45) is 0 Å². The number of pyridine rings is 1. The second kappa shape index (κ2) is 16.2. The normalized spacial score (nSPS) is 11.3. The Morgan fingerprint density at radius 1 is 0.911 bits per heavy atom. The maximum absolute atomic E-state index is 12.6. The Bertz CT molecular complexity index is 1640. The first-order valence-electron chi connectivity index (χ1n) is 13.3. The lowest BCUT2D eigenvalue weighted by molar-refractivity contribution is -0.156. The SMILES string of the molecule is O=C(O)CC(NC(=O)CNC(=O)c1cccc(NC(=O)NCc2cccc3ccccc23)c1)c1cccnc1.O=CC(F)(F)F. The van der Waals surface area contributed by atoms with Crippen molar-refractivity contribution >= 4 is 46.6 Å². The van der Waals surface area contributed by atoms with Crippen LogP contribution in [0.3, 0.4) is 0 Å². The van der Waals surface area contributed by atoms with Gasteiger partial charge in [0.25, 0.3) is 5.91 Å². The highest BCUT2D eigenvalue weighted by Crippen LogP contribution is 2.19. The number of hydrogen-bond donors (Lipinski definition) is 5. The molecular weight excluding hydrogens is 595 g/mol. The van der Waals surface area contributed by atoms with Gasteiger partial charge in [0.05, 0.1) is 19.0 Å². The fourth-order valence-corrected chi connectivity index (χ4v) is 4.05. The van der Waals surface area contributed by atoms with Crippen molar-refractivity contribution < 1.29 is 42.3 Å². The van der Waals surface area contributed by atoms with Gasteiger partial charge in [-0.2, -0.15) is 13.2 Å². The van der Waals surface area contributed by atoms with E-state index in [1.807, 2.05) is 42.5 Å². The smallest absolute Gasteiger partial charge is 0.446 e. The Morgan fingerprint density at radius 2 is 1.62 bits per heavy atom. The van der Waals surface area contributed by atoms with Crippen molar-refractivity contribution in [3.05, 3.63) is 108 Å². The van der Waals surface area contributed by atoms with E-state index in [0.717, 1.165) is 16.3 Å². The Morgan fingerprint density at radius 3 is 2.31 bits per heavy atom. The number of fused-ring (bicyclic) bond motifs is 1. The summed E-state index contributed by atoms with van der Waals surface area (Å²) in [5.41, 5.74) is 2.16. The van der Waals surface area contributed by atoms with Gasteiger partial charge in [0.2, 0.25) is 12.2 Å². The van der Waals surface area contributed by atoms with E-state index in [1.165, 1.54) is 12.3 Å². The van der Waals surface area contributed by atoms with E-state index < -0.39 is 42.3 Å². The highest BCUT2D eigenvalue weighted by Gasteiger charge is 2.25. The van der Waals surface area contributed by atoms with Crippen molar-refractivity contribution in [2.75, 3.05) is 11.9 Å². The fraction of sp³-hybridized carbons (Fsp3) is 0.161. The van der Waals surface area contributed by atoms with Gasteiger partial charge in [0, 0.05) is 30.2 Å². The monoisotopic (exact) mass is 623 g/mol. The van der Waals surface area contributed by atoms with E-state index in [0.29, 0.717) is 17.8 Å². The number of carboxylic acids is 1. The molecule has 0 radical (unpaired) electrons. The Labute approximate surface area is 254 Å². The number of anilines is 1. The van der Waals surface area contributed by atoms with Crippen molar-refractivity contribution in [3.63, 3.8) is 0 Å². The van der Waals surface area contributed by atoms with E-state index >= 15 is 0 Å². The van der Waals surface area contributed by atoms with Gasteiger partial charge in [-0.1, -0.05) is 54.6 Å². The predicted molar refractivity (Wildman–Crippen MR) is 158 cm³/mol. The van der Waals surface area contributed by atoms with Gasteiger partial charge >= 0.3 is 18.2 Å². The minimum atomic E-state index is -4.64. The lowest BCUT2D eigenvalue weighted by Gasteiger charge is -2.17. The molecule has 3 aromatic carbocycles. The molecule has 5 N–H and O–H groups in total. The van der Waals surface area contributed by atoms with Crippen LogP contribution in [0.25, 0.3) is 10.8 Å². The molecule has 0 saturated heterocycles. The zero-order valence-corrected chi connectivity index (χ0v) is 23.5. The highest BCUT2D eigenvalue weighted by atomic mass is 19.4. The third-order valence-corrected chi connectivity index (χ3v) is 6.05. The number of nitrogens with zero attached hydrogens (tertiary/aromatic N) is 1. The molecule has 11 nitrogen and oxygen atoms in total. The summed E-state index contributed by atoms with van der Waals surface area (Å²) in [6, 6.07) is 22.2. The first-order valence-corrected chi connectivity index (χ1v) is 13.3. The number of hydrogen-bond acceptors (Lipinski definition) is 6. The van der Waals surface area contributed by atoms with Crippen molar-refractivity contribution in [2.45, 2.75) is 25.2 Å². The Kier molecular flexibility index (Phi) is 12.1. The standard InChI is InChI=1S/C29H27N5O5.C2HF3O/c35-26(34-25(15-27(36)37)22-10-5-13-30-16-22)18-31-28(38)20-8-4-11-23(14-20)33-29(39)32-17-21-9-3-7-19-6-1-2-12-24(19)21;3-2(4,5)1-6/h1-14,16,25H,15,17-18H2,(H,31,38)(H,34,35)(H,36,37)(H2,32,33,39);1H. The second-order valence-electron chi connectivity index (χ2n) is 9.37. The van der Waals surface area contributed by atoms with Crippen LogP contribution in [-0.2, 0) is 20.9 Å². The molecular formula is C31H28F3N5O6. The number of aromatic nitrogens is 1. The van der Waals surface area contributed by atoms with Gasteiger partial charge in [0.1, 0.15) is 0 Å². The number of aldehydes is 1. The third kappa shape index (κ3) is 11.4. The third-order valence-electron chi connectivity index (χ3n) is 6.05. The maximum atomic E-state index is 12.6. The number of alkyl halides is 3. The quantitative estimate of drug-likeness (QED) is 0.164. The van der Waals surface area contributed by atoms with Gasteiger partial charge in [-0.25, -0.2) is 4.79 Å². The van der Waals surface area contributed by atoms with Crippen LogP contribution in [0.1, 0.15) is 33.9 Å². The summed E-state index contributed by atoms with van der Waals surface area (Å²) in [7, 11) is 0. The molecule has 4 aromatic rings. The number of urea groups is 1. The van der Waals surface area contributed by atoms with Gasteiger partial charge in [-0.3, -0.25) is 24.2 Å². The summed E-state index contributed by atoms with van der Waals surface area (Å²) in [4.78, 5) is 61.4. The molecule has 234 valence electrons. The molecule has 0 spiro atoms. The molecule has 0 fully saturated rings. The van der Waals surface area contributed by atoms with Gasteiger partial charge in [0.15, 0.2) is 0 Å². The number of aliphatic carboxylic acids is 1. The van der Waals surface area contributed by atoms with Gasteiger partial charge in [-0.05, 0) is 46.2 Å². The molecule has 1 unspecified atom stereocenters. The number of nitrogens with one attached hydrogen (secondary N) is 4. The van der Waals surface area contributed by atoms with Gasteiger partial charge in [-0.15, -0.1) is 0 Å². The first kappa shape index (κ1) is 33.7. The van der Waals surface area contributed by atoms with Crippen molar-refractivity contribution in [3.8, 4) is 0 Å². The molecule has 4 rings (SSSR count). The fourth-order valence-electron chi connectivity index (χ4n) is 4.05. The van der Waals surface area contributed by atoms with E-state index in [4.69, 9.17) is 4.79 Å². The van der Waals surface area contributed by atoms with E-state index in [9.17, 15) is 37.5 Å². The average Bonchev–Trinajstić information content (AvgIpc) is 3.02. The Balaban J connectivity index is 0.000000838. The summed E-state index contributed by atoms with van der Waals surface area (Å²) in [5.74, 6) is -2.17. The molecule has 0 saturated carbocycles. The minimum absolute atomic E-state index is 0.240. The maximum Gasteiger partial charge on any atom is 0.446 e. The summed E-state index contributed by atoms with van der Waals surface area (Å²) in [5, 5.41) is 22.0. The summed E-state index contributed by atoms with van der Waals surface area (Å²) in [6.07, 6.45) is -3.02. The number of halogens is 3. The molecule has 1 heterocycles. The molecule has 0 aliphatic carbocycles. The number of carbonyl (C=O) groups is 5. The molecule has 0 bridgehead atoms. The zero-order valence-electron chi connectivity index (χ0n) is 23.5. The molecule has 1 aromatic heterocycles. The minimum Gasteiger partial charge on any atom is -0.481 e. The molecule has 0 aliphatic rings. The molecule has 4 amide bonds. The van der Waals surface area contributed by atoms with E-state index in [2.05, 4.69) is 26.3 Å². The number of carbonyl (C=O) groups excluding carboxylic acids is 4. The lowest BCUT2D eigenvalue weighted by atomic mass is 10.0. The summed E-state index contributed by atoms with van der Waals surface area (Å²) in [6.45, 7) is -0.0389. The average molecular weight is 624 g/mol. The predicted octanol–water partition coefficient (Wildman–Crippen LogP) is 4.37. The van der Waals surface area contributed by atoms with Crippen LogP contribution in [0.2, 0.25) is 0 Å². The van der Waals surface area contributed by atoms with Gasteiger partial charge < -0.3 is 26.4 Å². The largest absolute Gasteiger partial charge is 0.481 e. The Hall–Kier alpha value is -5.79. The summed E-state index contributed by atoms with van der Waals surface area (Å²) >= 11 is 0. The summed E-state index contributed by atoms with van der Waals surface area (Å²) < 4.78 is 31.2. The van der Waals surface area contributed by atoms with Crippen molar-refractivity contribution in [1.82, 2.24) is 20.9 Å². The lowest BCUT2D eigenvalue weighted by Crippen LogP contribution is -2.39. The number of rotatable bonds is 10. The highest BCUT2D eigenvalue weighted by molar-refractivity contribution is 5.98. The molecule has 45 heavy (non-hydrogen) atoms. The topological polar surface area (TPSA) is 167 Å². The van der Waals surface area contributed by atoms with Crippen LogP contribution >= 0.6 is 0 Å². The van der Waals surface area contributed by atoms with E-state index in [1.54, 1.807) is 36.5 Å². The van der Waals surface area contributed by atoms with Crippen LogP contribution in [0.15, 0.2) is 91.3 Å². The number of amides is 4. The second-order valence-corrected chi connectivity index (χ2v) is 9.37. The zero-order chi connectivity index (χ0) is 32.8. The van der Waals surface area contributed by atoms with Crippen molar-refractivity contribution in [1.29, 1.82) is 0 Å². The van der Waals surface area contributed by atoms with Crippen LogP contribution in [0.5, 0.6) is 0 Å². The molecule has 14 heteroatoms. The first-order chi connectivity index (χ1) is 21.4. The molecule has 1 atom stereocenters.